The first-order valence-electron chi connectivity index (χ1n) is 8.67. The zero-order valence-electron chi connectivity index (χ0n) is 13.2. The summed E-state index contributed by atoms with van der Waals surface area (Å²) in [4.78, 5) is 16.9. The molecular weight excluding hydrogens is 276 g/mol. The van der Waals surface area contributed by atoms with Gasteiger partial charge in [-0.2, -0.15) is 9.97 Å². The molecule has 3 fully saturated rings. The Bertz CT molecular complexity index is 467. The first-order chi connectivity index (χ1) is 10.9. The van der Waals surface area contributed by atoms with Gasteiger partial charge in [-0.05, 0) is 25.7 Å². The van der Waals surface area contributed by atoms with Crippen molar-refractivity contribution in [2.45, 2.75) is 25.7 Å². The van der Waals surface area contributed by atoms with Crippen molar-refractivity contribution in [1.82, 2.24) is 15.3 Å². The molecule has 0 amide bonds. The van der Waals surface area contributed by atoms with E-state index in [2.05, 4.69) is 26.1 Å². The zero-order valence-corrected chi connectivity index (χ0v) is 13.2. The van der Waals surface area contributed by atoms with Gasteiger partial charge in [0.1, 0.15) is 11.6 Å². The number of hydrogen-bond donors (Lipinski definition) is 0. The molecule has 0 N–H and O–H groups in total. The van der Waals surface area contributed by atoms with Crippen LogP contribution in [-0.2, 0) is 0 Å². The van der Waals surface area contributed by atoms with Crippen LogP contribution in [-0.4, -0.2) is 62.3 Å². The lowest BCUT2D eigenvalue weighted by atomic mass is 10.3. The van der Waals surface area contributed by atoms with Crippen molar-refractivity contribution in [2.24, 2.45) is 0 Å². The summed E-state index contributed by atoms with van der Waals surface area (Å²) < 4.78 is 0. The molecule has 3 aliphatic heterocycles. The molecule has 119 valence electrons. The number of rotatable bonds is 3. The summed E-state index contributed by atoms with van der Waals surface area (Å²) in [6, 6.07) is 2.19. The molecule has 1 aromatic heterocycles. The first kappa shape index (κ1) is 14.1. The van der Waals surface area contributed by atoms with Gasteiger partial charge in [0.2, 0.25) is 5.95 Å². The summed E-state index contributed by atoms with van der Waals surface area (Å²) >= 11 is 0. The van der Waals surface area contributed by atoms with Crippen molar-refractivity contribution in [3.8, 4) is 0 Å². The number of hydrogen-bond acceptors (Lipinski definition) is 5. The second kappa shape index (κ2) is 6.28. The predicted molar refractivity (Wildman–Crippen MR) is 89.0 cm³/mol. The third-order valence-corrected chi connectivity index (χ3v) is 4.89. The number of anilines is 3. The van der Waals surface area contributed by atoms with Crippen LogP contribution in [0.15, 0.2) is 6.07 Å². The fraction of sp³-hybridized carbons (Fsp3) is 0.750. The highest BCUT2D eigenvalue weighted by Gasteiger charge is 2.22. The molecule has 4 rings (SSSR count). The van der Waals surface area contributed by atoms with E-state index in [-0.39, 0.29) is 0 Å². The summed E-state index contributed by atoms with van der Waals surface area (Å²) in [6.07, 6.45) is 5.08. The molecule has 0 spiro atoms. The lowest BCUT2D eigenvalue weighted by molar-refractivity contribution is 0.574. The monoisotopic (exact) mass is 301 g/mol. The fourth-order valence-electron chi connectivity index (χ4n) is 3.57. The molecule has 0 bridgehead atoms. The highest BCUT2D eigenvalue weighted by atomic mass is 15.3. The molecule has 6 nitrogen and oxygen atoms in total. The predicted octanol–water partition coefficient (Wildman–Crippen LogP) is 1.10. The third kappa shape index (κ3) is 2.84. The Hall–Kier alpha value is -1.56. The van der Waals surface area contributed by atoms with Gasteiger partial charge in [0.25, 0.3) is 0 Å². The molecule has 6 heteroatoms. The van der Waals surface area contributed by atoms with Gasteiger partial charge in [-0.3, -0.25) is 0 Å². The lowest BCUT2D eigenvalue weighted by Gasteiger charge is -2.30. The summed E-state index contributed by atoms with van der Waals surface area (Å²) in [5.74, 6) is 3.14. The van der Waals surface area contributed by atoms with E-state index in [4.69, 9.17) is 9.97 Å². The summed E-state index contributed by atoms with van der Waals surface area (Å²) in [5, 5.41) is 4.45. The molecule has 0 saturated carbocycles. The van der Waals surface area contributed by atoms with E-state index in [1.54, 1.807) is 0 Å². The van der Waals surface area contributed by atoms with Crippen LogP contribution in [0.2, 0.25) is 0 Å². The van der Waals surface area contributed by atoms with Crippen LogP contribution < -0.4 is 20.0 Å². The molecule has 0 aromatic carbocycles. The Kier molecular flexibility index (Phi) is 4.01. The Labute approximate surface area is 132 Å². The van der Waals surface area contributed by atoms with Crippen LogP contribution in [0, 0.1) is 0 Å². The highest BCUT2D eigenvalue weighted by molar-refractivity contribution is 5.56. The van der Waals surface area contributed by atoms with E-state index in [0.29, 0.717) is 0 Å². The molecule has 4 heterocycles. The first-order valence-corrected chi connectivity index (χ1v) is 8.67. The standard InChI is InChI=1S/C16H25N6/c1-2-8-20(7-1)14-13-15(21-11-5-17-6-12-21)19-16(18-14)22-9-3-4-10-22/h13H,1-12H2. The molecule has 0 aliphatic carbocycles. The highest BCUT2D eigenvalue weighted by Crippen LogP contribution is 2.27. The van der Waals surface area contributed by atoms with Crippen LogP contribution in [0.5, 0.6) is 0 Å². The van der Waals surface area contributed by atoms with Crippen LogP contribution >= 0.6 is 0 Å². The number of nitrogens with zero attached hydrogens (tertiary/aromatic N) is 6. The Morgan fingerprint density at radius 1 is 0.636 bits per heavy atom. The molecule has 1 radical (unpaired) electrons. The van der Waals surface area contributed by atoms with Crippen molar-refractivity contribution < 1.29 is 0 Å². The maximum absolute atomic E-state index is 4.88. The zero-order chi connectivity index (χ0) is 14.8. The van der Waals surface area contributed by atoms with Crippen molar-refractivity contribution in [2.75, 3.05) is 67.1 Å². The Morgan fingerprint density at radius 2 is 1.14 bits per heavy atom. The van der Waals surface area contributed by atoms with E-state index in [9.17, 15) is 0 Å². The van der Waals surface area contributed by atoms with E-state index >= 15 is 0 Å². The van der Waals surface area contributed by atoms with Gasteiger partial charge in [0.05, 0.1) is 0 Å². The summed E-state index contributed by atoms with van der Waals surface area (Å²) in [6.45, 7) is 8.25. The summed E-state index contributed by atoms with van der Waals surface area (Å²) in [5.41, 5.74) is 0. The molecule has 3 aliphatic rings. The van der Waals surface area contributed by atoms with Gasteiger partial charge in [-0.25, -0.2) is 5.32 Å². The van der Waals surface area contributed by atoms with Crippen LogP contribution in [0.4, 0.5) is 17.6 Å². The minimum atomic E-state index is 0.919. The molecule has 3 saturated heterocycles. The molecule has 0 unspecified atom stereocenters. The summed E-state index contributed by atoms with van der Waals surface area (Å²) in [7, 11) is 0. The quantitative estimate of drug-likeness (QED) is 0.837. The van der Waals surface area contributed by atoms with Gasteiger partial charge in [0, 0.05) is 58.4 Å². The van der Waals surface area contributed by atoms with Gasteiger partial charge in [-0.1, -0.05) is 0 Å². The van der Waals surface area contributed by atoms with E-state index in [1.807, 2.05) is 0 Å². The molecule has 1 aromatic rings. The maximum atomic E-state index is 4.88. The minimum absolute atomic E-state index is 0.919. The van der Waals surface area contributed by atoms with Gasteiger partial charge < -0.3 is 14.7 Å². The number of piperazine rings is 1. The molecular formula is C16H25N6. The van der Waals surface area contributed by atoms with Crippen LogP contribution in [0.3, 0.4) is 0 Å². The van der Waals surface area contributed by atoms with Crippen molar-refractivity contribution in [1.29, 1.82) is 0 Å². The average molecular weight is 301 g/mol. The molecule has 22 heavy (non-hydrogen) atoms. The van der Waals surface area contributed by atoms with Gasteiger partial charge >= 0.3 is 0 Å². The fourth-order valence-corrected chi connectivity index (χ4v) is 3.57. The smallest absolute Gasteiger partial charge is 0.229 e. The van der Waals surface area contributed by atoms with Crippen molar-refractivity contribution in [3.63, 3.8) is 0 Å². The largest absolute Gasteiger partial charge is 0.356 e. The van der Waals surface area contributed by atoms with Crippen molar-refractivity contribution >= 4 is 17.6 Å². The van der Waals surface area contributed by atoms with Crippen molar-refractivity contribution in [3.05, 3.63) is 6.07 Å². The normalized spacial score (nSPS) is 22.6. The minimum Gasteiger partial charge on any atom is -0.356 e. The topological polar surface area (TPSA) is 49.6 Å². The van der Waals surface area contributed by atoms with E-state index in [0.717, 1.165) is 69.9 Å². The van der Waals surface area contributed by atoms with Crippen LogP contribution in [0.1, 0.15) is 25.7 Å². The third-order valence-electron chi connectivity index (χ3n) is 4.89. The Morgan fingerprint density at radius 3 is 1.73 bits per heavy atom. The Balaban J connectivity index is 1.65. The molecule has 0 atom stereocenters. The van der Waals surface area contributed by atoms with Crippen LogP contribution in [0.25, 0.3) is 0 Å². The number of aromatic nitrogens is 2. The van der Waals surface area contributed by atoms with Gasteiger partial charge in [0.15, 0.2) is 0 Å². The van der Waals surface area contributed by atoms with E-state index in [1.165, 1.54) is 25.7 Å². The maximum Gasteiger partial charge on any atom is 0.229 e. The SMILES string of the molecule is c1c(N2CCCC2)nc(N2CCCC2)nc1N1CC[N]CC1. The van der Waals surface area contributed by atoms with Gasteiger partial charge in [-0.15, -0.1) is 0 Å². The average Bonchev–Trinajstić information content (AvgIpc) is 3.29. The second-order valence-corrected chi connectivity index (χ2v) is 6.43. The lowest BCUT2D eigenvalue weighted by Crippen LogP contribution is -2.41. The second-order valence-electron chi connectivity index (χ2n) is 6.43. The van der Waals surface area contributed by atoms with E-state index < -0.39 is 0 Å².